The predicted molar refractivity (Wildman–Crippen MR) is 98.0 cm³/mol. The molecule has 0 saturated carbocycles. The second-order valence-corrected chi connectivity index (χ2v) is 7.27. The van der Waals surface area contributed by atoms with Crippen LogP contribution in [0.3, 0.4) is 0 Å². The Balaban J connectivity index is 1.61. The number of anilines is 1. The van der Waals surface area contributed by atoms with Gasteiger partial charge in [-0.1, -0.05) is 12.1 Å². The summed E-state index contributed by atoms with van der Waals surface area (Å²) in [5.41, 5.74) is -5.49. The zero-order valence-electron chi connectivity index (χ0n) is 15.3. The number of aryl methyl sites for hydroxylation is 1. The van der Waals surface area contributed by atoms with Crippen LogP contribution < -0.4 is 4.90 Å². The molecule has 0 N–H and O–H groups in total. The van der Waals surface area contributed by atoms with Gasteiger partial charge in [0.25, 0.3) is 17.5 Å². The molecule has 1 aromatic carbocycles. The van der Waals surface area contributed by atoms with Gasteiger partial charge >= 0.3 is 0 Å². The van der Waals surface area contributed by atoms with E-state index in [2.05, 4.69) is 4.98 Å². The first-order chi connectivity index (χ1) is 13.7. The Morgan fingerprint density at radius 1 is 1.21 bits per heavy atom. The van der Waals surface area contributed by atoms with Crippen LogP contribution in [-0.4, -0.2) is 57.6 Å². The molecule has 0 bridgehead atoms. The Hall–Kier alpha value is -3.43. The van der Waals surface area contributed by atoms with Gasteiger partial charge in [-0.05, 0) is 25.1 Å². The Bertz CT molecular complexity index is 1030. The van der Waals surface area contributed by atoms with Crippen LogP contribution in [0.15, 0.2) is 42.6 Å². The molecule has 150 valence electrons. The van der Waals surface area contributed by atoms with Crippen molar-refractivity contribution in [1.82, 2.24) is 9.88 Å². The largest absolute Gasteiger partial charge is 0.331 e. The number of alkyl halides is 2. The van der Waals surface area contributed by atoms with Crippen molar-refractivity contribution in [2.24, 2.45) is 0 Å². The highest BCUT2D eigenvalue weighted by molar-refractivity contribution is 6.05. The fourth-order valence-electron chi connectivity index (χ4n) is 3.82. The number of pyridine rings is 1. The van der Waals surface area contributed by atoms with Gasteiger partial charge in [-0.15, -0.1) is 0 Å². The van der Waals surface area contributed by atoms with Gasteiger partial charge in [-0.25, -0.2) is 13.8 Å². The Kier molecular flexibility index (Phi) is 4.10. The second kappa shape index (κ2) is 6.29. The molecule has 8 nitrogen and oxygen atoms in total. The number of rotatable bonds is 3. The lowest BCUT2D eigenvalue weighted by Gasteiger charge is -2.22. The van der Waals surface area contributed by atoms with Crippen molar-refractivity contribution in [3.05, 3.63) is 63.8 Å². The number of hydrogen-bond acceptors (Lipinski definition) is 5. The van der Waals surface area contributed by atoms with Gasteiger partial charge in [0.1, 0.15) is 5.82 Å². The number of aromatic nitrogens is 1. The average molecular weight is 402 g/mol. The van der Waals surface area contributed by atoms with Gasteiger partial charge in [0.05, 0.1) is 24.6 Å². The highest BCUT2D eigenvalue weighted by atomic mass is 19.2. The molecule has 29 heavy (non-hydrogen) atoms. The third-order valence-electron chi connectivity index (χ3n) is 5.42. The maximum Gasteiger partial charge on any atom is 0.273 e. The number of likely N-dealkylation sites (tertiary alicyclic amines) is 1. The van der Waals surface area contributed by atoms with Crippen molar-refractivity contribution in [3.8, 4) is 0 Å². The van der Waals surface area contributed by atoms with Crippen molar-refractivity contribution in [1.29, 1.82) is 0 Å². The number of fused-ring (bicyclic) bond motifs is 1. The summed E-state index contributed by atoms with van der Waals surface area (Å²) >= 11 is 0. The van der Waals surface area contributed by atoms with Gasteiger partial charge in [-0.2, -0.15) is 0 Å². The lowest BCUT2D eigenvalue weighted by atomic mass is 9.93. The van der Waals surface area contributed by atoms with E-state index in [1.807, 2.05) is 0 Å². The molecule has 4 rings (SSSR count). The summed E-state index contributed by atoms with van der Waals surface area (Å²) in [5, 5.41) is 11.1. The van der Waals surface area contributed by atoms with E-state index in [1.165, 1.54) is 31.3 Å². The molecule has 10 heteroatoms. The number of nitro benzene ring substituents is 1. The number of carbonyl (C=O) groups excluding carboxylic acids is 2. The molecule has 2 aliphatic rings. The monoisotopic (exact) mass is 402 g/mol. The third-order valence-corrected chi connectivity index (χ3v) is 5.42. The normalized spacial score (nSPS) is 26.0. The SMILES string of the molecule is Cc1ccc(C(=O)N2C[C@]3(F)CN(c4ccccn4)C(=O)[C@]3(F)C2)cc1[N+](=O)[O-]. The number of nitro groups is 1. The van der Waals surface area contributed by atoms with E-state index < -0.39 is 47.7 Å². The summed E-state index contributed by atoms with van der Waals surface area (Å²) < 4.78 is 31.0. The second-order valence-electron chi connectivity index (χ2n) is 7.27. The molecule has 3 heterocycles. The molecule has 2 aromatic rings. The minimum Gasteiger partial charge on any atom is -0.331 e. The number of hydrogen-bond donors (Lipinski definition) is 0. The van der Waals surface area contributed by atoms with Crippen LogP contribution in [0.2, 0.25) is 0 Å². The van der Waals surface area contributed by atoms with Crippen LogP contribution in [0, 0.1) is 17.0 Å². The first kappa shape index (κ1) is 18.9. The molecule has 0 aliphatic carbocycles. The van der Waals surface area contributed by atoms with E-state index in [9.17, 15) is 19.7 Å². The number of benzene rings is 1. The van der Waals surface area contributed by atoms with Crippen LogP contribution in [0.5, 0.6) is 0 Å². The molecule has 0 radical (unpaired) electrons. The molecule has 2 amide bonds. The first-order valence-electron chi connectivity index (χ1n) is 8.81. The van der Waals surface area contributed by atoms with Crippen molar-refractivity contribution in [2.45, 2.75) is 18.3 Å². The lowest BCUT2D eigenvalue weighted by molar-refractivity contribution is -0.385. The van der Waals surface area contributed by atoms with Crippen LogP contribution in [0.4, 0.5) is 20.3 Å². The highest BCUT2D eigenvalue weighted by Crippen LogP contribution is 2.46. The number of carbonyl (C=O) groups is 2. The molecular formula is C19H16F2N4O4. The standard InChI is InChI=1S/C19H16F2N4O4/c1-12-5-6-13(8-14(12)25(28)29)16(26)23-9-18(20)10-24(15-4-2-3-7-22-15)17(27)19(18,21)11-23/h2-8H,9-11H2,1H3/t18-,19+/m0/s1. The number of halogens is 2. The van der Waals surface area contributed by atoms with Crippen molar-refractivity contribution >= 4 is 23.3 Å². The lowest BCUT2D eigenvalue weighted by Crippen LogP contribution is -2.47. The fourth-order valence-corrected chi connectivity index (χ4v) is 3.82. The molecule has 2 aliphatic heterocycles. The third kappa shape index (κ3) is 2.74. The van der Waals surface area contributed by atoms with E-state index in [4.69, 9.17) is 0 Å². The van der Waals surface area contributed by atoms with Crippen LogP contribution in [0.1, 0.15) is 15.9 Å². The summed E-state index contributed by atoms with van der Waals surface area (Å²) in [6.07, 6.45) is 1.41. The molecule has 2 fully saturated rings. The van der Waals surface area contributed by atoms with Gasteiger partial charge in [0.15, 0.2) is 5.67 Å². The maximum absolute atomic E-state index is 15.5. The Labute approximate surface area is 163 Å². The van der Waals surface area contributed by atoms with Crippen molar-refractivity contribution < 1.29 is 23.3 Å². The zero-order chi connectivity index (χ0) is 21.0. The van der Waals surface area contributed by atoms with Gasteiger partial charge < -0.3 is 4.90 Å². The van der Waals surface area contributed by atoms with Crippen LogP contribution in [-0.2, 0) is 4.79 Å². The van der Waals surface area contributed by atoms with E-state index in [-0.39, 0.29) is 17.1 Å². The average Bonchev–Trinajstić information content (AvgIpc) is 3.07. The van der Waals surface area contributed by atoms with E-state index >= 15 is 8.78 Å². The molecule has 1 aromatic heterocycles. The van der Waals surface area contributed by atoms with Gasteiger partial charge in [-0.3, -0.25) is 24.6 Å². The summed E-state index contributed by atoms with van der Waals surface area (Å²) in [6.45, 7) is -0.465. The first-order valence-corrected chi connectivity index (χ1v) is 8.81. The fraction of sp³-hybridized carbons (Fsp3) is 0.316. The zero-order valence-corrected chi connectivity index (χ0v) is 15.3. The Morgan fingerprint density at radius 2 is 1.97 bits per heavy atom. The summed E-state index contributed by atoms with van der Waals surface area (Å²) in [4.78, 5) is 41.7. The van der Waals surface area contributed by atoms with Gasteiger partial charge in [0.2, 0.25) is 5.67 Å². The van der Waals surface area contributed by atoms with Crippen LogP contribution >= 0.6 is 0 Å². The predicted octanol–water partition coefficient (Wildman–Crippen LogP) is 2.22. The maximum atomic E-state index is 15.5. The highest BCUT2D eigenvalue weighted by Gasteiger charge is 2.72. The topological polar surface area (TPSA) is 96.7 Å². The van der Waals surface area contributed by atoms with Gasteiger partial charge in [0, 0.05) is 23.4 Å². The van der Waals surface area contributed by atoms with Crippen molar-refractivity contribution in [3.63, 3.8) is 0 Å². The molecular weight excluding hydrogens is 386 g/mol. The van der Waals surface area contributed by atoms with E-state index in [0.717, 1.165) is 15.9 Å². The van der Waals surface area contributed by atoms with Crippen molar-refractivity contribution in [2.75, 3.05) is 24.5 Å². The molecule has 2 saturated heterocycles. The Morgan fingerprint density at radius 3 is 2.59 bits per heavy atom. The molecule has 2 atom stereocenters. The number of amides is 2. The summed E-state index contributed by atoms with van der Waals surface area (Å²) in [7, 11) is 0. The smallest absolute Gasteiger partial charge is 0.273 e. The molecule has 0 spiro atoms. The van der Waals surface area contributed by atoms with Crippen LogP contribution in [0.25, 0.3) is 0 Å². The quantitative estimate of drug-likeness (QED) is 0.579. The molecule has 0 unspecified atom stereocenters. The summed E-state index contributed by atoms with van der Waals surface area (Å²) in [5.74, 6) is -1.73. The summed E-state index contributed by atoms with van der Waals surface area (Å²) in [6, 6.07) is 8.51. The number of nitrogens with zero attached hydrogens (tertiary/aromatic N) is 4. The van der Waals surface area contributed by atoms with E-state index in [1.54, 1.807) is 12.1 Å². The van der Waals surface area contributed by atoms with E-state index in [0.29, 0.717) is 5.56 Å². The minimum absolute atomic E-state index is 0.0662. The minimum atomic E-state index is -2.91.